The van der Waals surface area contributed by atoms with Crippen molar-refractivity contribution >= 4 is 28.3 Å². The van der Waals surface area contributed by atoms with E-state index in [0.717, 1.165) is 6.26 Å². The third kappa shape index (κ3) is 5.09. The molecule has 0 bridgehead atoms. The molecule has 0 radical (unpaired) electrons. The van der Waals surface area contributed by atoms with E-state index in [4.69, 9.17) is 5.73 Å². The molecule has 1 heterocycles. The summed E-state index contributed by atoms with van der Waals surface area (Å²) in [5.74, 6) is -0.0118. The molecule has 108 valence electrons. The first-order chi connectivity index (χ1) is 7.70. The largest absolute Gasteiger partial charge is 0.340 e. The molecule has 1 aliphatic heterocycles. The summed E-state index contributed by atoms with van der Waals surface area (Å²) in [6.45, 7) is 4.76. The first kappa shape index (κ1) is 17.6. The Morgan fingerprint density at radius 3 is 2.44 bits per heavy atom. The molecular weight excluding hydrogens is 278 g/mol. The summed E-state index contributed by atoms with van der Waals surface area (Å²) in [5, 5.41) is 0. The number of rotatable bonds is 4. The predicted octanol–water partition coefficient (Wildman–Crippen LogP) is -0.458. The molecule has 6 nitrogen and oxygen atoms in total. The average Bonchev–Trinajstić information content (AvgIpc) is 2.61. The number of hydrogen-bond acceptors (Lipinski definition) is 4. The van der Waals surface area contributed by atoms with Crippen molar-refractivity contribution in [2.75, 3.05) is 19.3 Å². The molecular formula is C10H22ClN3O3S. The Kier molecular flexibility index (Phi) is 6.56. The summed E-state index contributed by atoms with van der Waals surface area (Å²) >= 11 is 0. The van der Waals surface area contributed by atoms with Crippen molar-refractivity contribution in [1.29, 1.82) is 0 Å². The molecule has 0 aromatic carbocycles. The van der Waals surface area contributed by atoms with Gasteiger partial charge in [0.05, 0.1) is 12.3 Å². The highest BCUT2D eigenvalue weighted by Crippen LogP contribution is 2.13. The topological polar surface area (TPSA) is 92.5 Å². The van der Waals surface area contributed by atoms with E-state index in [0.29, 0.717) is 19.5 Å². The van der Waals surface area contributed by atoms with Crippen molar-refractivity contribution < 1.29 is 13.2 Å². The van der Waals surface area contributed by atoms with Gasteiger partial charge in [-0.25, -0.2) is 13.1 Å². The van der Waals surface area contributed by atoms with E-state index < -0.39 is 16.1 Å². The van der Waals surface area contributed by atoms with Crippen molar-refractivity contribution in [2.45, 2.75) is 32.4 Å². The number of nitrogens with zero attached hydrogens (tertiary/aromatic N) is 1. The van der Waals surface area contributed by atoms with Crippen molar-refractivity contribution in [3.63, 3.8) is 0 Å². The molecule has 2 atom stereocenters. The molecule has 18 heavy (non-hydrogen) atoms. The number of nitrogens with one attached hydrogen (secondary N) is 1. The predicted molar refractivity (Wildman–Crippen MR) is 73.0 cm³/mol. The van der Waals surface area contributed by atoms with Crippen LogP contribution in [0.4, 0.5) is 0 Å². The van der Waals surface area contributed by atoms with Crippen molar-refractivity contribution in [3.05, 3.63) is 0 Å². The zero-order valence-corrected chi connectivity index (χ0v) is 12.6. The van der Waals surface area contributed by atoms with Gasteiger partial charge in [0, 0.05) is 19.1 Å². The molecule has 1 aliphatic rings. The second-order valence-electron chi connectivity index (χ2n) is 4.93. The molecule has 0 saturated carbocycles. The maximum absolute atomic E-state index is 11.9. The van der Waals surface area contributed by atoms with Crippen LogP contribution in [-0.4, -0.2) is 50.7 Å². The summed E-state index contributed by atoms with van der Waals surface area (Å²) < 4.78 is 24.6. The Morgan fingerprint density at radius 2 is 2.00 bits per heavy atom. The second kappa shape index (κ2) is 6.70. The van der Waals surface area contributed by atoms with Gasteiger partial charge in [0.15, 0.2) is 0 Å². The fourth-order valence-corrected chi connectivity index (χ4v) is 2.65. The van der Waals surface area contributed by atoms with E-state index in [-0.39, 0.29) is 30.3 Å². The molecule has 1 unspecified atom stereocenters. The molecule has 3 N–H and O–H groups in total. The molecule has 1 amide bonds. The van der Waals surface area contributed by atoms with E-state index in [9.17, 15) is 13.2 Å². The van der Waals surface area contributed by atoms with Crippen LogP contribution in [0.2, 0.25) is 0 Å². The van der Waals surface area contributed by atoms with E-state index in [1.54, 1.807) is 4.90 Å². The lowest BCUT2D eigenvalue weighted by Gasteiger charge is -2.23. The van der Waals surface area contributed by atoms with Crippen LogP contribution >= 0.6 is 12.4 Å². The van der Waals surface area contributed by atoms with Crippen LogP contribution in [0.15, 0.2) is 0 Å². The number of hydrogen-bond donors (Lipinski definition) is 2. The third-order valence-electron chi connectivity index (χ3n) is 2.88. The smallest absolute Gasteiger partial charge is 0.239 e. The van der Waals surface area contributed by atoms with Gasteiger partial charge in [-0.1, -0.05) is 13.8 Å². The normalized spacial score (nSPS) is 21.8. The molecule has 0 aromatic heterocycles. The number of amides is 1. The van der Waals surface area contributed by atoms with Crippen LogP contribution in [0, 0.1) is 5.92 Å². The van der Waals surface area contributed by atoms with Crippen molar-refractivity contribution in [1.82, 2.24) is 9.62 Å². The van der Waals surface area contributed by atoms with Crippen LogP contribution in [0.5, 0.6) is 0 Å². The molecule has 8 heteroatoms. The lowest BCUT2D eigenvalue weighted by molar-refractivity contribution is -0.132. The molecule has 0 spiro atoms. The Morgan fingerprint density at radius 1 is 1.44 bits per heavy atom. The first-order valence-electron chi connectivity index (χ1n) is 5.72. The van der Waals surface area contributed by atoms with Gasteiger partial charge < -0.3 is 10.6 Å². The zero-order chi connectivity index (χ0) is 13.2. The summed E-state index contributed by atoms with van der Waals surface area (Å²) in [7, 11) is -3.21. The lowest BCUT2D eigenvalue weighted by Crippen LogP contribution is -2.46. The molecule has 1 rings (SSSR count). The number of halogens is 1. The summed E-state index contributed by atoms with van der Waals surface area (Å²) in [6.07, 6.45) is 1.76. The number of likely N-dealkylation sites (tertiary alicyclic amines) is 1. The first-order valence-corrected chi connectivity index (χ1v) is 7.61. The highest BCUT2D eigenvalue weighted by molar-refractivity contribution is 7.88. The van der Waals surface area contributed by atoms with E-state index in [1.807, 2.05) is 13.8 Å². The highest BCUT2D eigenvalue weighted by atomic mass is 35.5. The van der Waals surface area contributed by atoms with Gasteiger partial charge in [0.1, 0.15) is 0 Å². The SMILES string of the molecule is CC(C)[C@H](N)C(=O)N1CCC(NS(C)(=O)=O)C1.Cl. The minimum Gasteiger partial charge on any atom is -0.340 e. The van der Waals surface area contributed by atoms with Crippen molar-refractivity contribution in [2.24, 2.45) is 11.7 Å². The van der Waals surface area contributed by atoms with Gasteiger partial charge in [-0.05, 0) is 12.3 Å². The Bertz CT molecular complexity index is 386. The van der Waals surface area contributed by atoms with E-state index in [2.05, 4.69) is 4.72 Å². The quantitative estimate of drug-likeness (QED) is 0.735. The third-order valence-corrected chi connectivity index (χ3v) is 3.65. The van der Waals surface area contributed by atoms with Gasteiger partial charge >= 0.3 is 0 Å². The summed E-state index contributed by atoms with van der Waals surface area (Å²) in [5.41, 5.74) is 5.78. The molecule has 0 aromatic rings. The minimum absolute atomic E-state index is 0. The molecule has 1 fully saturated rings. The van der Waals surface area contributed by atoms with E-state index in [1.165, 1.54) is 0 Å². The molecule has 0 aliphatic carbocycles. The summed E-state index contributed by atoms with van der Waals surface area (Å²) in [4.78, 5) is 13.6. The summed E-state index contributed by atoms with van der Waals surface area (Å²) in [6, 6.07) is -0.694. The van der Waals surface area contributed by atoms with Gasteiger partial charge in [0.2, 0.25) is 15.9 Å². The number of nitrogens with two attached hydrogens (primary N) is 1. The van der Waals surface area contributed by atoms with Crippen molar-refractivity contribution in [3.8, 4) is 0 Å². The standard InChI is InChI=1S/C10H21N3O3S.ClH/c1-7(2)9(11)10(14)13-5-4-8(6-13)12-17(3,15)16;/h7-9,12H,4-6,11H2,1-3H3;1H/t8?,9-;/m0./s1. The Balaban J connectivity index is 0.00000289. The zero-order valence-electron chi connectivity index (χ0n) is 10.9. The van der Waals surface area contributed by atoms with Crippen LogP contribution < -0.4 is 10.5 Å². The fourth-order valence-electron chi connectivity index (χ4n) is 1.86. The van der Waals surface area contributed by atoms with Gasteiger partial charge in [0.25, 0.3) is 0 Å². The van der Waals surface area contributed by atoms with Crippen LogP contribution in [0.1, 0.15) is 20.3 Å². The van der Waals surface area contributed by atoms with Crippen LogP contribution in [0.3, 0.4) is 0 Å². The Hall–Kier alpha value is -0.370. The monoisotopic (exact) mass is 299 g/mol. The highest BCUT2D eigenvalue weighted by Gasteiger charge is 2.31. The van der Waals surface area contributed by atoms with E-state index >= 15 is 0 Å². The minimum atomic E-state index is -3.21. The number of sulfonamides is 1. The van der Waals surface area contributed by atoms with Gasteiger partial charge in [-0.3, -0.25) is 4.79 Å². The lowest BCUT2D eigenvalue weighted by atomic mass is 10.0. The number of carbonyl (C=O) groups excluding carboxylic acids is 1. The van der Waals surface area contributed by atoms with Crippen LogP contribution in [-0.2, 0) is 14.8 Å². The Labute approximate surface area is 115 Å². The number of carbonyl (C=O) groups is 1. The van der Waals surface area contributed by atoms with Gasteiger partial charge in [-0.2, -0.15) is 0 Å². The maximum atomic E-state index is 11.9. The maximum Gasteiger partial charge on any atom is 0.239 e. The van der Waals surface area contributed by atoms with Crippen LogP contribution in [0.25, 0.3) is 0 Å². The second-order valence-corrected chi connectivity index (χ2v) is 6.71. The fraction of sp³-hybridized carbons (Fsp3) is 0.900. The average molecular weight is 300 g/mol. The molecule has 1 saturated heterocycles. The van der Waals surface area contributed by atoms with Gasteiger partial charge in [-0.15, -0.1) is 12.4 Å².